The van der Waals surface area contributed by atoms with Crippen molar-refractivity contribution in [3.63, 3.8) is 0 Å². The van der Waals surface area contributed by atoms with E-state index in [1.165, 1.54) is 17.4 Å². The molecule has 2 aromatic carbocycles. The third kappa shape index (κ3) is 5.16. The van der Waals surface area contributed by atoms with Gasteiger partial charge in [0.05, 0.1) is 22.6 Å². The topological polar surface area (TPSA) is 94.8 Å². The van der Waals surface area contributed by atoms with Crippen molar-refractivity contribution in [1.29, 1.82) is 0 Å². The molecule has 0 saturated carbocycles. The number of anilines is 1. The number of hydrogen-bond donors (Lipinski definition) is 1. The van der Waals surface area contributed by atoms with Crippen LogP contribution >= 0.6 is 34.5 Å². The molecule has 7 nitrogen and oxygen atoms in total. The van der Waals surface area contributed by atoms with Crippen LogP contribution in [0, 0.1) is 0 Å². The van der Waals surface area contributed by atoms with Crippen LogP contribution in [-0.4, -0.2) is 25.1 Å². The Balaban J connectivity index is 1.46. The Bertz CT molecular complexity index is 1610. The quantitative estimate of drug-likeness (QED) is 0.242. The number of para-hydroxylation sites is 1. The minimum atomic E-state index is -0.533. The molecule has 4 aromatic rings. The van der Waals surface area contributed by atoms with Crippen molar-refractivity contribution in [2.45, 2.75) is 32.6 Å². The fraction of sp³-hybridized carbons (Fsp3) is 0.250. The molecule has 0 atom stereocenters. The van der Waals surface area contributed by atoms with Gasteiger partial charge in [0.15, 0.2) is 12.4 Å². The lowest BCUT2D eigenvalue weighted by molar-refractivity contribution is -0.118. The highest BCUT2D eigenvalue weighted by molar-refractivity contribution is 7.17. The normalized spacial score (nSPS) is 12.7. The van der Waals surface area contributed by atoms with E-state index in [-0.39, 0.29) is 23.1 Å². The Morgan fingerprint density at radius 3 is 2.68 bits per heavy atom. The molecule has 0 fully saturated rings. The molecule has 0 radical (unpaired) electrons. The van der Waals surface area contributed by atoms with E-state index in [0.29, 0.717) is 32.1 Å². The summed E-state index contributed by atoms with van der Waals surface area (Å²) in [5.41, 5.74) is 1.63. The number of halogens is 2. The van der Waals surface area contributed by atoms with Crippen LogP contribution in [0.4, 0.5) is 5.00 Å². The number of ether oxygens (including phenoxy) is 2. The zero-order chi connectivity index (χ0) is 26.8. The van der Waals surface area contributed by atoms with Crippen molar-refractivity contribution >= 4 is 62.4 Å². The van der Waals surface area contributed by atoms with Crippen LogP contribution in [0.25, 0.3) is 22.3 Å². The second-order valence-electron chi connectivity index (χ2n) is 8.68. The van der Waals surface area contributed by atoms with Crippen LogP contribution in [0.1, 0.15) is 40.6 Å². The molecule has 0 unspecified atom stereocenters. The summed E-state index contributed by atoms with van der Waals surface area (Å²) in [5.74, 6) is -1.06. The first-order valence-electron chi connectivity index (χ1n) is 12.1. The van der Waals surface area contributed by atoms with E-state index in [2.05, 4.69) is 5.32 Å². The maximum atomic E-state index is 13.4. The maximum Gasteiger partial charge on any atom is 0.341 e. The molecule has 2 heterocycles. The standard InChI is InChI=1S/C28H23Cl2NO6S/c1-2-35-28(34)23-18-8-4-6-10-21(18)38-27(23)31-22(32)14-36-26-24(33)17-7-3-5-9-20(17)37-25(26)16-12-11-15(29)13-19(16)30/h3,5,7,9,11-13H,2,4,6,8,10,14H2,1H3,(H,31,32). The minimum absolute atomic E-state index is 0.0852. The van der Waals surface area contributed by atoms with Gasteiger partial charge < -0.3 is 19.2 Å². The molecular weight excluding hydrogens is 549 g/mol. The first kappa shape index (κ1) is 26.3. The summed E-state index contributed by atoms with van der Waals surface area (Å²) in [7, 11) is 0. The van der Waals surface area contributed by atoms with E-state index >= 15 is 0 Å². The molecule has 2 aromatic heterocycles. The Kier molecular flexibility index (Phi) is 7.74. The number of thiophene rings is 1. The summed E-state index contributed by atoms with van der Waals surface area (Å²) >= 11 is 13.8. The summed E-state index contributed by atoms with van der Waals surface area (Å²) in [5, 5.41) is 4.19. The van der Waals surface area contributed by atoms with Gasteiger partial charge in [-0.2, -0.15) is 0 Å². The van der Waals surface area contributed by atoms with E-state index in [1.54, 1.807) is 43.3 Å². The third-order valence-electron chi connectivity index (χ3n) is 6.18. The average molecular weight is 572 g/mol. The second-order valence-corrected chi connectivity index (χ2v) is 10.6. The summed E-state index contributed by atoms with van der Waals surface area (Å²) in [6.45, 7) is 1.47. The SMILES string of the molecule is CCOC(=O)c1c(NC(=O)COc2c(-c3ccc(Cl)cc3Cl)oc3ccccc3c2=O)sc2c1CCCC2. The van der Waals surface area contributed by atoms with Crippen LogP contribution < -0.4 is 15.5 Å². The van der Waals surface area contributed by atoms with Crippen LogP contribution in [0.5, 0.6) is 5.75 Å². The van der Waals surface area contributed by atoms with E-state index < -0.39 is 23.9 Å². The highest BCUT2D eigenvalue weighted by Crippen LogP contribution is 2.39. The number of nitrogens with one attached hydrogen (secondary N) is 1. The molecule has 1 amide bonds. The first-order chi connectivity index (χ1) is 18.4. The smallest absolute Gasteiger partial charge is 0.341 e. The molecule has 5 rings (SSSR count). The fourth-order valence-electron chi connectivity index (χ4n) is 4.48. The van der Waals surface area contributed by atoms with Crippen molar-refractivity contribution in [2.24, 2.45) is 0 Å². The van der Waals surface area contributed by atoms with E-state index in [1.807, 2.05) is 0 Å². The Morgan fingerprint density at radius 1 is 1.11 bits per heavy atom. The zero-order valence-corrected chi connectivity index (χ0v) is 22.7. The van der Waals surface area contributed by atoms with Gasteiger partial charge in [-0.3, -0.25) is 9.59 Å². The molecule has 1 N–H and O–H groups in total. The molecule has 0 aliphatic heterocycles. The van der Waals surface area contributed by atoms with Gasteiger partial charge in [0.2, 0.25) is 11.2 Å². The number of carbonyl (C=O) groups is 2. The lowest BCUT2D eigenvalue weighted by Crippen LogP contribution is -2.23. The number of fused-ring (bicyclic) bond motifs is 2. The monoisotopic (exact) mass is 571 g/mol. The number of benzene rings is 2. The van der Waals surface area contributed by atoms with Crippen molar-refractivity contribution in [2.75, 3.05) is 18.5 Å². The van der Waals surface area contributed by atoms with Gasteiger partial charge >= 0.3 is 5.97 Å². The minimum Gasteiger partial charge on any atom is -0.476 e. The fourth-order valence-corrected chi connectivity index (χ4v) is 6.27. The average Bonchev–Trinajstić information content (AvgIpc) is 3.26. The first-order valence-corrected chi connectivity index (χ1v) is 13.7. The predicted molar refractivity (Wildman–Crippen MR) is 149 cm³/mol. The van der Waals surface area contributed by atoms with Gasteiger partial charge in [-0.1, -0.05) is 35.3 Å². The third-order valence-corrected chi connectivity index (χ3v) is 7.94. The molecule has 10 heteroatoms. The maximum absolute atomic E-state index is 13.4. The van der Waals surface area contributed by atoms with E-state index in [9.17, 15) is 14.4 Å². The Morgan fingerprint density at radius 2 is 1.89 bits per heavy atom. The summed E-state index contributed by atoms with van der Waals surface area (Å²) in [6.07, 6.45) is 3.61. The number of esters is 1. The van der Waals surface area contributed by atoms with Crippen LogP contribution in [0.15, 0.2) is 51.7 Å². The molecule has 196 valence electrons. The van der Waals surface area contributed by atoms with Crippen molar-refractivity contribution in [1.82, 2.24) is 0 Å². The summed E-state index contributed by atoms with van der Waals surface area (Å²) in [6, 6.07) is 11.5. The largest absolute Gasteiger partial charge is 0.476 e. The molecule has 1 aliphatic rings. The van der Waals surface area contributed by atoms with Crippen LogP contribution in [-0.2, 0) is 22.4 Å². The predicted octanol–water partition coefficient (Wildman–Crippen LogP) is 6.90. The zero-order valence-electron chi connectivity index (χ0n) is 20.4. The molecule has 0 spiro atoms. The van der Waals surface area contributed by atoms with Gasteiger partial charge in [-0.25, -0.2) is 4.79 Å². The van der Waals surface area contributed by atoms with Gasteiger partial charge in [-0.15, -0.1) is 11.3 Å². The van der Waals surface area contributed by atoms with Gasteiger partial charge in [0, 0.05) is 15.5 Å². The highest BCUT2D eigenvalue weighted by atomic mass is 35.5. The summed E-state index contributed by atoms with van der Waals surface area (Å²) < 4.78 is 17.1. The van der Waals surface area contributed by atoms with Crippen LogP contribution in [0.3, 0.4) is 0 Å². The molecule has 38 heavy (non-hydrogen) atoms. The molecule has 0 bridgehead atoms. The lowest BCUT2D eigenvalue weighted by atomic mass is 9.95. The van der Waals surface area contributed by atoms with Gasteiger partial charge in [0.25, 0.3) is 5.91 Å². The van der Waals surface area contributed by atoms with Crippen molar-refractivity contribution in [3.05, 3.63) is 78.7 Å². The highest BCUT2D eigenvalue weighted by Gasteiger charge is 2.28. The molecule has 1 aliphatic carbocycles. The number of aryl methyl sites for hydroxylation is 1. The number of amides is 1. The molecular formula is C28H23Cl2NO6S. The number of rotatable bonds is 7. The van der Waals surface area contributed by atoms with E-state index in [4.69, 9.17) is 37.1 Å². The Hall–Kier alpha value is -3.33. The summed E-state index contributed by atoms with van der Waals surface area (Å²) in [4.78, 5) is 40.2. The van der Waals surface area contributed by atoms with Gasteiger partial charge in [-0.05, 0) is 68.5 Å². The van der Waals surface area contributed by atoms with Crippen molar-refractivity contribution < 1.29 is 23.5 Å². The van der Waals surface area contributed by atoms with Crippen LogP contribution in [0.2, 0.25) is 10.0 Å². The number of carbonyl (C=O) groups excluding carboxylic acids is 2. The van der Waals surface area contributed by atoms with Gasteiger partial charge in [0.1, 0.15) is 10.6 Å². The second kappa shape index (κ2) is 11.2. The van der Waals surface area contributed by atoms with E-state index in [0.717, 1.165) is 36.1 Å². The Labute approximate surface area is 232 Å². The lowest BCUT2D eigenvalue weighted by Gasteiger charge is -2.13. The van der Waals surface area contributed by atoms with Crippen molar-refractivity contribution in [3.8, 4) is 17.1 Å². The number of hydrogen-bond acceptors (Lipinski definition) is 7. The molecule has 0 saturated heterocycles.